The van der Waals surface area contributed by atoms with E-state index in [1.54, 1.807) is 0 Å². The first-order valence-electron chi connectivity index (χ1n) is 5.86. The van der Waals surface area contributed by atoms with Crippen LogP contribution in [0.25, 0.3) is 0 Å². The topological polar surface area (TPSA) is 35.8 Å². The van der Waals surface area contributed by atoms with Crippen molar-refractivity contribution in [3.63, 3.8) is 0 Å². The summed E-state index contributed by atoms with van der Waals surface area (Å²) in [5.41, 5.74) is 2.14. The lowest BCUT2D eigenvalue weighted by Crippen LogP contribution is -2.39. The number of piperidine rings is 1. The predicted molar refractivity (Wildman–Crippen MR) is 69.7 cm³/mol. The second-order valence-corrected chi connectivity index (χ2v) is 5.04. The van der Waals surface area contributed by atoms with Gasteiger partial charge in [0.25, 0.3) is 0 Å². The second-order valence-electron chi connectivity index (χ2n) is 4.61. The van der Waals surface area contributed by atoms with Gasteiger partial charge in [-0.2, -0.15) is 0 Å². The van der Waals surface area contributed by atoms with Gasteiger partial charge in [0.2, 0.25) is 0 Å². The van der Waals surface area contributed by atoms with Crippen molar-refractivity contribution < 1.29 is 5.21 Å². The van der Waals surface area contributed by atoms with Gasteiger partial charge < -0.3 is 5.21 Å². The number of hydrogen-bond donors (Lipinski definition) is 1. The molecule has 1 aliphatic heterocycles. The Hall–Kier alpha value is -1.06. The molecule has 0 aliphatic carbocycles. The number of nitrogens with zero attached hydrogens (tertiary/aromatic N) is 2. The molecule has 0 saturated carbocycles. The Morgan fingerprint density at radius 1 is 1.53 bits per heavy atom. The lowest BCUT2D eigenvalue weighted by Gasteiger charge is -2.31. The summed E-state index contributed by atoms with van der Waals surface area (Å²) in [4.78, 5) is 2.37. The van der Waals surface area contributed by atoms with E-state index < -0.39 is 0 Å². The van der Waals surface area contributed by atoms with Crippen LogP contribution in [0.3, 0.4) is 0 Å². The lowest BCUT2D eigenvalue weighted by atomic mass is 9.97. The van der Waals surface area contributed by atoms with E-state index in [0.29, 0.717) is 5.92 Å². The normalized spacial score (nSPS) is 24.1. The van der Waals surface area contributed by atoms with Crippen LogP contribution in [0.1, 0.15) is 18.9 Å². The average Bonchev–Trinajstić information content (AvgIpc) is 2.29. The number of benzene rings is 1. The maximum absolute atomic E-state index is 8.83. The Morgan fingerprint density at radius 3 is 3.00 bits per heavy atom. The Kier molecular flexibility index (Phi) is 4.02. The quantitative estimate of drug-likeness (QED) is 0.649. The van der Waals surface area contributed by atoms with Crippen LogP contribution in [-0.4, -0.2) is 28.9 Å². The highest BCUT2D eigenvalue weighted by Gasteiger charge is 2.22. The zero-order valence-corrected chi connectivity index (χ0v) is 10.7. The summed E-state index contributed by atoms with van der Waals surface area (Å²) in [6.07, 6.45) is 0.845. The summed E-state index contributed by atoms with van der Waals surface area (Å²) in [5, 5.41) is 13.0. The maximum Gasteiger partial charge on any atom is 0.0624 e. The van der Waals surface area contributed by atoms with Gasteiger partial charge in [0.15, 0.2) is 0 Å². The summed E-state index contributed by atoms with van der Waals surface area (Å²) < 4.78 is 0. The highest BCUT2D eigenvalue weighted by molar-refractivity contribution is 6.30. The molecule has 1 aromatic carbocycles. The smallest absolute Gasteiger partial charge is 0.0624 e. The number of oxime groups is 1. The fraction of sp³-hybridized carbons (Fsp3) is 0.462. The minimum atomic E-state index is 0.327. The predicted octanol–water partition coefficient (Wildman–Crippen LogP) is 3.01. The first kappa shape index (κ1) is 12.4. The summed E-state index contributed by atoms with van der Waals surface area (Å²) in [5.74, 6) is 0.327. The third-order valence-corrected chi connectivity index (χ3v) is 3.44. The molecule has 2 rings (SSSR count). The Morgan fingerprint density at radius 2 is 2.35 bits per heavy atom. The molecule has 0 radical (unpaired) electrons. The van der Waals surface area contributed by atoms with Crippen molar-refractivity contribution in [3.8, 4) is 0 Å². The molecule has 1 aliphatic rings. The van der Waals surface area contributed by atoms with Gasteiger partial charge in [0, 0.05) is 37.0 Å². The van der Waals surface area contributed by atoms with Crippen molar-refractivity contribution in [2.24, 2.45) is 11.1 Å². The second kappa shape index (κ2) is 5.52. The molecule has 0 bridgehead atoms. The SMILES string of the molecule is CC1CN(Cc2cccc(Cl)c2)CC/C1=N\O. The molecule has 1 N–H and O–H groups in total. The molecular formula is C13H17ClN2O. The minimum absolute atomic E-state index is 0.327. The zero-order valence-electron chi connectivity index (χ0n) is 9.93. The van der Waals surface area contributed by atoms with Crippen molar-refractivity contribution in [3.05, 3.63) is 34.9 Å². The summed E-state index contributed by atoms with van der Waals surface area (Å²) in [6, 6.07) is 7.96. The molecule has 1 aromatic rings. The maximum atomic E-state index is 8.83. The van der Waals surface area contributed by atoms with Crippen LogP contribution in [-0.2, 0) is 6.54 Å². The molecular weight excluding hydrogens is 236 g/mol. The lowest BCUT2D eigenvalue weighted by molar-refractivity contribution is 0.228. The van der Waals surface area contributed by atoms with E-state index in [4.69, 9.17) is 16.8 Å². The Balaban J connectivity index is 1.97. The first-order valence-corrected chi connectivity index (χ1v) is 6.24. The molecule has 0 amide bonds. The molecule has 0 aromatic heterocycles. The number of rotatable bonds is 2. The van der Waals surface area contributed by atoms with Gasteiger partial charge in [-0.15, -0.1) is 0 Å². The Labute approximate surface area is 107 Å². The van der Waals surface area contributed by atoms with Crippen LogP contribution < -0.4 is 0 Å². The number of halogens is 1. The zero-order chi connectivity index (χ0) is 12.3. The molecule has 1 fully saturated rings. The molecule has 1 unspecified atom stereocenters. The van der Waals surface area contributed by atoms with Crippen molar-refractivity contribution >= 4 is 17.3 Å². The standard InChI is InChI=1S/C13H17ClN2O/c1-10-8-16(6-5-13(10)15-17)9-11-3-2-4-12(14)7-11/h2-4,7,10,17H,5-6,8-9H2,1H3/b15-13+. The number of likely N-dealkylation sites (tertiary alicyclic amines) is 1. The van der Waals surface area contributed by atoms with Crippen molar-refractivity contribution in [2.75, 3.05) is 13.1 Å². The van der Waals surface area contributed by atoms with Crippen LogP contribution in [0.15, 0.2) is 29.4 Å². The van der Waals surface area contributed by atoms with Crippen molar-refractivity contribution in [1.29, 1.82) is 0 Å². The summed E-state index contributed by atoms with van der Waals surface area (Å²) >= 11 is 5.97. The molecule has 0 spiro atoms. The van der Waals surface area contributed by atoms with E-state index in [1.165, 1.54) is 5.56 Å². The van der Waals surface area contributed by atoms with Gasteiger partial charge in [-0.3, -0.25) is 4.90 Å². The van der Waals surface area contributed by atoms with Crippen molar-refractivity contribution in [2.45, 2.75) is 19.9 Å². The highest BCUT2D eigenvalue weighted by atomic mass is 35.5. The largest absolute Gasteiger partial charge is 0.411 e. The third-order valence-electron chi connectivity index (χ3n) is 3.21. The minimum Gasteiger partial charge on any atom is -0.411 e. The van der Waals surface area contributed by atoms with E-state index in [-0.39, 0.29) is 0 Å². The third kappa shape index (κ3) is 3.20. The molecule has 1 heterocycles. The van der Waals surface area contributed by atoms with Gasteiger partial charge >= 0.3 is 0 Å². The molecule has 1 saturated heterocycles. The molecule has 1 atom stereocenters. The van der Waals surface area contributed by atoms with Crippen LogP contribution in [0.2, 0.25) is 5.02 Å². The molecule has 4 heteroatoms. The van der Waals surface area contributed by atoms with Gasteiger partial charge in [-0.05, 0) is 17.7 Å². The van der Waals surface area contributed by atoms with Crippen LogP contribution in [0.5, 0.6) is 0 Å². The van der Waals surface area contributed by atoms with Gasteiger partial charge in [0.05, 0.1) is 5.71 Å². The fourth-order valence-corrected chi connectivity index (χ4v) is 2.50. The first-order chi connectivity index (χ1) is 8.19. The summed E-state index contributed by atoms with van der Waals surface area (Å²) in [6.45, 7) is 4.88. The summed E-state index contributed by atoms with van der Waals surface area (Å²) in [7, 11) is 0. The Bertz CT molecular complexity index is 420. The molecule has 17 heavy (non-hydrogen) atoms. The van der Waals surface area contributed by atoms with E-state index in [0.717, 1.165) is 36.8 Å². The van der Waals surface area contributed by atoms with Gasteiger partial charge in [0.1, 0.15) is 0 Å². The van der Waals surface area contributed by atoms with E-state index in [1.807, 2.05) is 18.2 Å². The number of hydrogen-bond acceptors (Lipinski definition) is 3. The molecule has 92 valence electrons. The highest BCUT2D eigenvalue weighted by Crippen LogP contribution is 2.18. The average molecular weight is 253 g/mol. The van der Waals surface area contributed by atoms with E-state index in [9.17, 15) is 0 Å². The van der Waals surface area contributed by atoms with Crippen molar-refractivity contribution in [1.82, 2.24) is 4.90 Å². The van der Waals surface area contributed by atoms with Crippen LogP contribution in [0, 0.1) is 5.92 Å². The molecule has 3 nitrogen and oxygen atoms in total. The van der Waals surface area contributed by atoms with E-state index >= 15 is 0 Å². The fourth-order valence-electron chi connectivity index (χ4n) is 2.29. The van der Waals surface area contributed by atoms with E-state index in [2.05, 4.69) is 23.0 Å². The van der Waals surface area contributed by atoms with Crippen LogP contribution in [0.4, 0.5) is 0 Å². The van der Waals surface area contributed by atoms with Crippen LogP contribution >= 0.6 is 11.6 Å². The monoisotopic (exact) mass is 252 g/mol. The van der Waals surface area contributed by atoms with Gasteiger partial charge in [-0.25, -0.2) is 0 Å². The van der Waals surface area contributed by atoms with Gasteiger partial charge in [-0.1, -0.05) is 35.8 Å².